The molecule has 0 fully saturated rings. The number of methoxy groups -OCH3 is 1. The largest absolute Gasteiger partial charge is 0.497 e. The molecule has 0 aliphatic heterocycles. The van der Waals surface area contributed by atoms with E-state index in [1.54, 1.807) is 7.11 Å². The van der Waals surface area contributed by atoms with E-state index in [2.05, 4.69) is 10.4 Å². The molecule has 0 unspecified atom stereocenters. The van der Waals surface area contributed by atoms with Gasteiger partial charge in [-0.1, -0.05) is 23.7 Å². The zero-order chi connectivity index (χ0) is 19.4. The summed E-state index contributed by atoms with van der Waals surface area (Å²) in [6.45, 7) is 4.35. The Morgan fingerprint density at radius 3 is 2.63 bits per heavy atom. The summed E-state index contributed by atoms with van der Waals surface area (Å²) in [6.07, 6.45) is 0.287. The van der Waals surface area contributed by atoms with Crippen LogP contribution in [0, 0.1) is 13.8 Å². The van der Waals surface area contributed by atoms with Crippen LogP contribution in [0.2, 0.25) is 5.02 Å². The number of nitrogens with zero attached hydrogens (tertiary/aromatic N) is 2. The average Bonchev–Trinajstić information content (AvgIpc) is 2.95. The minimum atomic E-state index is -0.0420. The van der Waals surface area contributed by atoms with Crippen LogP contribution in [0.3, 0.4) is 0 Å². The Morgan fingerprint density at radius 2 is 1.93 bits per heavy atom. The van der Waals surface area contributed by atoms with Gasteiger partial charge in [0.25, 0.3) is 0 Å². The number of halogens is 1. The quantitative estimate of drug-likeness (QED) is 0.699. The Kier molecular flexibility index (Phi) is 5.81. The Morgan fingerprint density at radius 1 is 1.19 bits per heavy atom. The van der Waals surface area contributed by atoms with Crippen LogP contribution in [0.25, 0.3) is 5.69 Å². The highest BCUT2D eigenvalue weighted by atomic mass is 35.5. The summed E-state index contributed by atoms with van der Waals surface area (Å²) in [6, 6.07) is 15.1. The van der Waals surface area contributed by atoms with Crippen molar-refractivity contribution in [2.75, 3.05) is 7.11 Å². The number of ether oxygens (including phenoxy) is 1. The molecule has 1 heterocycles. The molecule has 0 saturated carbocycles. The van der Waals surface area contributed by atoms with Crippen molar-refractivity contribution in [2.24, 2.45) is 0 Å². The number of aromatic nitrogens is 2. The highest BCUT2D eigenvalue weighted by Gasteiger charge is 2.16. The highest BCUT2D eigenvalue weighted by molar-refractivity contribution is 6.30. The predicted molar refractivity (Wildman–Crippen MR) is 107 cm³/mol. The number of benzene rings is 2. The molecule has 27 heavy (non-hydrogen) atoms. The topological polar surface area (TPSA) is 56.1 Å². The van der Waals surface area contributed by atoms with E-state index in [0.29, 0.717) is 11.6 Å². The molecule has 2 aromatic carbocycles. The molecule has 5 nitrogen and oxygen atoms in total. The second kappa shape index (κ2) is 8.27. The van der Waals surface area contributed by atoms with Crippen molar-refractivity contribution in [3.05, 3.63) is 76.1 Å². The fourth-order valence-corrected chi connectivity index (χ4v) is 3.10. The molecule has 6 heteroatoms. The fraction of sp³-hybridized carbons (Fsp3) is 0.238. The third kappa shape index (κ3) is 4.49. The van der Waals surface area contributed by atoms with E-state index in [4.69, 9.17) is 16.3 Å². The van der Waals surface area contributed by atoms with Crippen molar-refractivity contribution in [1.29, 1.82) is 0 Å². The third-order valence-corrected chi connectivity index (χ3v) is 4.73. The first-order chi connectivity index (χ1) is 13.0. The molecule has 3 aromatic rings. The van der Waals surface area contributed by atoms with E-state index in [-0.39, 0.29) is 12.3 Å². The number of hydrogen-bond acceptors (Lipinski definition) is 3. The SMILES string of the molecule is COc1cccc(CNC(=O)Cc2c(C)nn(-c3ccc(Cl)cc3)c2C)c1. The third-order valence-electron chi connectivity index (χ3n) is 4.47. The van der Waals surface area contributed by atoms with Gasteiger partial charge in [-0.3, -0.25) is 4.79 Å². The summed E-state index contributed by atoms with van der Waals surface area (Å²) in [5.41, 5.74) is 4.65. The van der Waals surface area contributed by atoms with E-state index in [1.165, 1.54) is 0 Å². The standard InChI is InChI=1S/C21H22ClN3O2/c1-14-20(15(2)25(24-14)18-9-7-17(22)8-10-18)12-21(26)23-13-16-5-4-6-19(11-16)27-3/h4-11H,12-13H2,1-3H3,(H,23,26). The highest BCUT2D eigenvalue weighted by Crippen LogP contribution is 2.20. The van der Waals surface area contributed by atoms with Crippen molar-refractivity contribution < 1.29 is 9.53 Å². The lowest BCUT2D eigenvalue weighted by Gasteiger charge is -2.08. The molecule has 140 valence electrons. The van der Waals surface area contributed by atoms with Gasteiger partial charge in [0.1, 0.15) is 5.75 Å². The zero-order valence-electron chi connectivity index (χ0n) is 15.6. The normalized spacial score (nSPS) is 10.7. The fourth-order valence-electron chi connectivity index (χ4n) is 2.97. The van der Waals surface area contributed by atoms with Gasteiger partial charge in [-0.05, 0) is 55.8 Å². The Hall–Kier alpha value is -2.79. The first-order valence-corrected chi connectivity index (χ1v) is 9.06. The lowest BCUT2D eigenvalue weighted by Crippen LogP contribution is -2.25. The Labute approximate surface area is 163 Å². The average molecular weight is 384 g/mol. The lowest BCUT2D eigenvalue weighted by molar-refractivity contribution is -0.120. The molecule has 1 amide bonds. The minimum absolute atomic E-state index is 0.0420. The van der Waals surface area contributed by atoms with Crippen LogP contribution in [0.4, 0.5) is 0 Å². The van der Waals surface area contributed by atoms with Gasteiger partial charge in [-0.15, -0.1) is 0 Å². The Bertz CT molecular complexity index is 949. The van der Waals surface area contributed by atoms with Crippen molar-refractivity contribution in [3.8, 4) is 11.4 Å². The zero-order valence-corrected chi connectivity index (χ0v) is 16.4. The van der Waals surface area contributed by atoms with E-state index >= 15 is 0 Å². The Balaban J connectivity index is 1.69. The van der Waals surface area contributed by atoms with Crippen LogP contribution >= 0.6 is 11.6 Å². The molecular formula is C21H22ClN3O2. The maximum Gasteiger partial charge on any atom is 0.224 e. The smallest absolute Gasteiger partial charge is 0.224 e. The van der Waals surface area contributed by atoms with Crippen LogP contribution in [0.5, 0.6) is 5.75 Å². The number of carbonyl (C=O) groups is 1. The van der Waals surface area contributed by atoms with Gasteiger partial charge in [-0.25, -0.2) is 4.68 Å². The van der Waals surface area contributed by atoms with E-state index in [0.717, 1.165) is 34.0 Å². The molecular weight excluding hydrogens is 362 g/mol. The first kappa shape index (κ1) is 19.0. The van der Waals surface area contributed by atoms with Gasteiger partial charge in [0.15, 0.2) is 0 Å². The molecule has 1 N–H and O–H groups in total. The van der Waals surface area contributed by atoms with Crippen LogP contribution < -0.4 is 10.1 Å². The number of rotatable bonds is 6. The summed E-state index contributed by atoms with van der Waals surface area (Å²) in [4.78, 5) is 12.4. The van der Waals surface area contributed by atoms with Crippen molar-refractivity contribution in [2.45, 2.75) is 26.8 Å². The van der Waals surface area contributed by atoms with Crippen molar-refractivity contribution >= 4 is 17.5 Å². The van der Waals surface area contributed by atoms with Gasteiger partial charge < -0.3 is 10.1 Å². The van der Waals surface area contributed by atoms with Crippen LogP contribution in [-0.2, 0) is 17.8 Å². The van der Waals surface area contributed by atoms with Gasteiger partial charge in [0, 0.05) is 22.8 Å². The number of amides is 1. The summed E-state index contributed by atoms with van der Waals surface area (Å²) in [5.74, 6) is 0.734. The van der Waals surface area contributed by atoms with Crippen molar-refractivity contribution in [3.63, 3.8) is 0 Å². The van der Waals surface area contributed by atoms with Gasteiger partial charge >= 0.3 is 0 Å². The van der Waals surface area contributed by atoms with Crippen molar-refractivity contribution in [1.82, 2.24) is 15.1 Å². The maximum absolute atomic E-state index is 12.4. The number of aryl methyl sites for hydroxylation is 1. The van der Waals surface area contributed by atoms with E-state index in [1.807, 2.05) is 67.1 Å². The molecule has 0 saturated heterocycles. The van der Waals surface area contributed by atoms with Gasteiger partial charge in [0.05, 0.1) is 24.9 Å². The maximum atomic E-state index is 12.4. The lowest BCUT2D eigenvalue weighted by atomic mass is 10.1. The van der Waals surface area contributed by atoms with Crippen LogP contribution in [-0.4, -0.2) is 22.8 Å². The summed E-state index contributed by atoms with van der Waals surface area (Å²) >= 11 is 5.96. The number of nitrogens with one attached hydrogen (secondary N) is 1. The number of hydrogen-bond donors (Lipinski definition) is 1. The second-order valence-corrected chi connectivity index (χ2v) is 6.78. The van der Waals surface area contributed by atoms with Crippen LogP contribution in [0.1, 0.15) is 22.5 Å². The minimum Gasteiger partial charge on any atom is -0.497 e. The monoisotopic (exact) mass is 383 g/mol. The predicted octanol–water partition coefficient (Wildman–Crippen LogP) is 4.01. The molecule has 0 aliphatic carbocycles. The van der Waals surface area contributed by atoms with Gasteiger partial charge in [0.2, 0.25) is 5.91 Å². The molecule has 0 spiro atoms. The molecule has 0 bridgehead atoms. The first-order valence-electron chi connectivity index (χ1n) is 8.68. The van der Waals surface area contributed by atoms with Crippen LogP contribution in [0.15, 0.2) is 48.5 Å². The second-order valence-electron chi connectivity index (χ2n) is 6.34. The molecule has 3 rings (SSSR count). The molecule has 0 aliphatic rings. The summed E-state index contributed by atoms with van der Waals surface area (Å²) in [7, 11) is 1.63. The number of carbonyl (C=O) groups excluding carboxylic acids is 1. The van der Waals surface area contributed by atoms with E-state index < -0.39 is 0 Å². The van der Waals surface area contributed by atoms with Gasteiger partial charge in [-0.2, -0.15) is 5.10 Å². The molecule has 0 radical (unpaired) electrons. The summed E-state index contributed by atoms with van der Waals surface area (Å²) in [5, 5.41) is 8.22. The van der Waals surface area contributed by atoms with E-state index in [9.17, 15) is 4.79 Å². The summed E-state index contributed by atoms with van der Waals surface area (Å²) < 4.78 is 7.05. The molecule has 0 atom stereocenters. The molecule has 1 aromatic heterocycles.